The molecule has 0 aromatic heterocycles. The number of nitrogens with one attached hydrogen (secondary N) is 2. The van der Waals surface area contributed by atoms with E-state index in [9.17, 15) is 10.1 Å². The van der Waals surface area contributed by atoms with Gasteiger partial charge >= 0.3 is 5.69 Å². The molecule has 1 aliphatic rings. The largest absolute Gasteiger partial charge is 0.490 e. The van der Waals surface area contributed by atoms with Crippen LogP contribution in [0.5, 0.6) is 5.75 Å². The minimum Gasteiger partial charge on any atom is -0.490 e. The summed E-state index contributed by atoms with van der Waals surface area (Å²) in [7, 11) is 1.43. The van der Waals surface area contributed by atoms with Gasteiger partial charge in [-0.25, -0.2) is 0 Å². The number of nitro benzene ring substituents is 1. The molecule has 92 valence electrons. The molecule has 2 rings (SSSR count). The summed E-state index contributed by atoms with van der Waals surface area (Å²) >= 11 is 0. The Balaban J connectivity index is 2.28. The molecule has 0 spiro atoms. The number of para-hydroxylation sites is 1. The van der Waals surface area contributed by atoms with Crippen molar-refractivity contribution in [2.24, 2.45) is 0 Å². The van der Waals surface area contributed by atoms with E-state index in [2.05, 4.69) is 10.6 Å². The van der Waals surface area contributed by atoms with E-state index in [4.69, 9.17) is 4.74 Å². The number of ether oxygens (including phenoxy) is 1. The molecule has 6 nitrogen and oxygen atoms in total. The van der Waals surface area contributed by atoms with Crippen LogP contribution in [0.1, 0.15) is 6.42 Å². The summed E-state index contributed by atoms with van der Waals surface area (Å²) in [5, 5.41) is 17.4. The van der Waals surface area contributed by atoms with Crippen molar-refractivity contribution in [3.8, 4) is 5.75 Å². The van der Waals surface area contributed by atoms with Gasteiger partial charge in [0.05, 0.1) is 12.0 Å². The monoisotopic (exact) mass is 237 g/mol. The highest BCUT2D eigenvalue weighted by Crippen LogP contribution is 2.35. The van der Waals surface area contributed by atoms with Gasteiger partial charge in [0.2, 0.25) is 0 Å². The third-order valence-electron chi connectivity index (χ3n) is 2.82. The molecular weight excluding hydrogens is 222 g/mol. The Morgan fingerprint density at radius 3 is 3.00 bits per heavy atom. The van der Waals surface area contributed by atoms with Gasteiger partial charge in [-0.15, -0.1) is 0 Å². The van der Waals surface area contributed by atoms with Crippen molar-refractivity contribution in [2.45, 2.75) is 12.5 Å². The van der Waals surface area contributed by atoms with Crippen LogP contribution in [0.2, 0.25) is 0 Å². The summed E-state index contributed by atoms with van der Waals surface area (Å²) < 4.78 is 5.01. The fourth-order valence-corrected chi connectivity index (χ4v) is 1.99. The van der Waals surface area contributed by atoms with E-state index in [0.717, 1.165) is 19.5 Å². The van der Waals surface area contributed by atoms with Gasteiger partial charge < -0.3 is 15.4 Å². The number of anilines is 1. The average Bonchev–Trinajstić information content (AvgIpc) is 2.81. The number of rotatable bonds is 4. The van der Waals surface area contributed by atoms with Crippen LogP contribution in [0.25, 0.3) is 0 Å². The molecule has 0 bridgehead atoms. The maximum absolute atomic E-state index is 11.0. The van der Waals surface area contributed by atoms with Crippen LogP contribution in [-0.4, -0.2) is 31.2 Å². The normalized spacial score (nSPS) is 19.0. The Hall–Kier alpha value is -1.82. The lowest BCUT2D eigenvalue weighted by atomic mass is 10.2. The van der Waals surface area contributed by atoms with Gasteiger partial charge in [-0.3, -0.25) is 10.1 Å². The Kier molecular flexibility index (Phi) is 3.43. The molecule has 1 unspecified atom stereocenters. The molecule has 1 aliphatic heterocycles. The Bertz CT molecular complexity index is 416. The zero-order valence-electron chi connectivity index (χ0n) is 9.60. The Morgan fingerprint density at radius 1 is 1.59 bits per heavy atom. The number of benzene rings is 1. The molecule has 1 aromatic carbocycles. The van der Waals surface area contributed by atoms with E-state index in [1.54, 1.807) is 18.2 Å². The standard InChI is InChI=1S/C11H15N3O3/c1-17-10-4-2-3-9(11(10)14(15)16)13-8-5-6-12-7-8/h2-4,8,12-13H,5-7H2,1H3. The van der Waals surface area contributed by atoms with Crippen LogP contribution < -0.4 is 15.4 Å². The van der Waals surface area contributed by atoms with E-state index in [0.29, 0.717) is 5.69 Å². The van der Waals surface area contributed by atoms with Crippen LogP contribution in [0.15, 0.2) is 18.2 Å². The SMILES string of the molecule is COc1cccc(NC2CCNC2)c1[N+](=O)[O-]. The van der Waals surface area contributed by atoms with Crippen molar-refractivity contribution in [1.29, 1.82) is 0 Å². The first-order valence-corrected chi connectivity index (χ1v) is 5.51. The predicted octanol–water partition coefficient (Wildman–Crippen LogP) is 1.38. The van der Waals surface area contributed by atoms with Gasteiger partial charge in [0.25, 0.3) is 0 Å². The first kappa shape index (κ1) is 11.7. The summed E-state index contributed by atoms with van der Waals surface area (Å²) in [5.41, 5.74) is 0.518. The molecule has 0 saturated carbocycles. The van der Waals surface area contributed by atoms with E-state index in [1.165, 1.54) is 7.11 Å². The van der Waals surface area contributed by atoms with Gasteiger partial charge in [0.1, 0.15) is 5.69 Å². The average molecular weight is 237 g/mol. The maximum atomic E-state index is 11.0. The van der Waals surface area contributed by atoms with E-state index in [-0.39, 0.29) is 17.5 Å². The molecule has 1 saturated heterocycles. The highest BCUT2D eigenvalue weighted by Gasteiger charge is 2.23. The molecule has 1 aromatic rings. The van der Waals surface area contributed by atoms with Crippen LogP contribution in [0.3, 0.4) is 0 Å². The molecule has 0 amide bonds. The Labute approximate surface area is 99.1 Å². The number of hydrogen-bond donors (Lipinski definition) is 2. The highest BCUT2D eigenvalue weighted by molar-refractivity contribution is 5.68. The summed E-state index contributed by atoms with van der Waals surface area (Å²) in [6.07, 6.45) is 0.967. The second-order valence-corrected chi connectivity index (χ2v) is 3.95. The van der Waals surface area contributed by atoms with E-state index >= 15 is 0 Å². The number of hydrogen-bond acceptors (Lipinski definition) is 5. The highest BCUT2D eigenvalue weighted by atomic mass is 16.6. The minimum atomic E-state index is -0.413. The van der Waals surface area contributed by atoms with Crippen molar-refractivity contribution >= 4 is 11.4 Å². The number of nitrogens with zero attached hydrogens (tertiary/aromatic N) is 1. The molecule has 0 radical (unpaired) electrons. The van der Waals surface area contributed by atoms with E-state index < -0.39 is 4.92 Å². The van der Waals surface area contributed by atoms with Crippen LogP contribution in [0, 0.1) is 10.1 Å². The minimum absolute atomic E-state index is 0.00176. The third-order valence-corrected chi connectivity index (χ3v) is 2.82. The zero-order valence-corrected chi connectivity index (χ0v) is 9.60. The topological polar surface area (TPSA) is 76.4 Å². The lowest BCUT2D eigenvalue weighted by Crippen LogP contribution is -2.22. The van der Waals surface area contributed by atoms with Crippen LogP contribution in [-0.2, 0) is 0 Å². The van der Waals surface area contributed by atoms with E-state index in [1.807, 2.05) is 0 Å². The van der Waals surface area contributed by atoms with Crippen LogP contribution in [0.4, 0.5) is 11.4 Å². The smallest absolute Gasteiger partial charge is 0.333 e. The van der Waals surface area contributed by atoms with Gasteiger partial charge in [0, 0.05) is 12.6 Å². The van der Waals surface area contributed by atoms with Gasteiger partial charge in [0.15, 0.2) is 5.75 Å². The first-order chi connectivity index (χ1) is 8.22. The lowest BCUT2D eigenvalue weighted by molar-refractivity contribution is -0.384. The summed E-state index contributed by atoms with van der Waals surface area (Å²) in [4.78, 5) is 10.6. The van der Waals surface area contributed by atoms with Crippen molar-refractivity contribution in [1.82, 2.24) is 5.32 Å². The van der Waals surface area contributed by atoms with Gasteiger partial charge in [-0.2, -0.15) is 0 Å². The van der Waals surface area contributed by atoms with Gasteiger partial charge in [-0.1, -0.05) is 6.07 Å². The molecule has 2 N–H and O–H groups in total. The molecule has 6 heteroatoms. The number of nitro groups is 1. The van der Waals surface area contributed by atoms with Crippen molar-refractivity contribution in [3.05, 3.63) is 28.3 Å². The molecule has 1 heterocycles. The lowest BCUT2D eigenvalue weighted by Gasteiger charge is -2.14. The third kappa shape index (κ3) is 2.47. The van der Waals surface area contributed by atoms with Gasteiger partial charge in [-0.05, 0) is 25.1 Å². The van der Waals surface area contributed by atoms with Crippen molar-refractivity contribution in [2.75, 3.05) is 25.5 Å². The number of methoxy groups -OCH3 is 1. The maximum Gasteiger partial charge on any atom is 0.333 e. The summed E-state index contributed by atoms with van der Waals surface area (Å²) in [6, 6.07) is 5.28. The molecule has 0 aliphatic carbocycles. The second kappa shape index (κ2) is 5.01. The van der Waals surface area contributed by atoms with Crippen molar-refractivity contribution in [3.63, 3.8) is 0 Å². The zero-order chi connectivity index (χ0) is 12.3. The van der Waals surface area contributed by atoms with Crippen LogP contribution >= 0.6 is 0 Å². The predicted molar refractivity (Wildman–Crippen MR) is 64.5 cm³/mol. The molecule has 1 atom stereocenters. The summed E-state index contributed by atoms with van der Waals surface area (Å²) in [6.45, 7) is 1.77. The quantitative estimate of drug-likeness (QED) is 0.611. The summed E-state index contributed by atoms with van der Waals surface area (Å²) in [5.74, 6) is 0.283. The van der Waals surface area contributed by atoms with Crippen molar-refractivity contribution < 1.29 is 9.66 Å². The Morgan fingerprint density at radius 2 is 2.41 bits per heavy atom. The molecule has 1 fully saturated rings. The fraction of sp³-hybridized carbons (Fsp3) is 0.455. The first-order valence-electron chi connectivity index (χ1n) is 5.51. The molecular formula is C11H15N3O3. The second-order valence-electron chi connectivity index (χ2n) is 3.95. The fourth-order valence-electron chi connectivity index (χ4n) is 1.99. The molecule has 17 heavy (non-hydrogen) atoms.